The van der Waals surface area contributed by atoms with E-state index in [2.05, 4.69) is 11.9 Å². The van der Waals surface area contributed by atoms with Crippen LogP contribution in [0, 0.1) is 5.41 Å². The zero-order valence-electron chi connectivity index (χ0n) is 24.5. The van der Waals surface area contributed by atoms with Gasteiger partial charge in [0.15, 0.2) is 0 Å². The Kier molecular flexibility index (Phi) is 10.9. The van der Waals surface area contributed by atoms with E-state index < -0.39 is 12.2 Å². The molecule has 2 aliphatic heterocycles. The van der Waals surface area contributed by atoms with E-state index in [0.717, 1.165) is 22.1 Å². The standard InChI is InChI=1S/C12H15FN2O.C12H11NO.C10H19N/c13-10-7-15(8-16)12(6-11(10)14)9-4-2-1-3-5-9;1-13-8-7-11(9-12(13)14)10-5-3-2-4-6-10;1-11-8-4-7-10(9-11)5-2-3-6-10/h1-5,8,10-12H,6-7,14H2;2-9H,1H3;2-9H2,1H3. The van der Waals surface area contributed by atoms with E-state index in [4.69, 9.17) is 5.73 Å². The third kappa shape index (κ3) is 8.37. The molecule has 3 heterocycles. The highest BCUT2D eigenvalue weighted by molar-refractivity contribution is 5.62. The molecule has 7 heteroatoms. The number of amides is 1. The molecular weight excluding hydrogens is 515 g/mol. The van der Waals surface area contributed by atoms with Crippen molar-refractivity contribution in [2.45, 2.75) is 63.2 Å². The second kappa shape index (κ2) is 14.6. The lowest BCUT2D eigenvalue weighted by Crippen LogP contribution is -2.49. The molecule has 3 unspecified atom stereocenters. The van der Waals surface area contributed by atoms with Crippen molar-refractivity contribution in [3.8, 4) is 11.1 Å². The lowest BCUT2D eigenvalue weighted by Gasteiger charge is -2.38. The molecule has 1 spiro atoms. The first-order chi connectivity index (χ1) is 19.8. The lowest BCUT2D eigenvalue weighted by atomic mass is 9.79. The van der Waals surface area contributed by atoms with Crippen LogP contribution in [0.15, 0.2) is 83.8 Å². The quantitative estimate of drug-likeness (QED) is 0.425. The molecule has 2 saturated heterocycles. The van der Waals surface area contributed by atoms with Gasteiger partial charge in [-0.2, -0.15) is 0 Å². The summed E-state index contributed by atoms with van der Waals surface area (Å²) >= 11 is 0. The molecule has 3 aliphatic rings. The summed E-state index contributed by atoms with van der Waals surface area (Å²) in [4.78, 5) is 26.3. The van der Waals surface area contributed by atoms with Crippen LogP contribution < -0.4 is 11.3 Å². The molecule has 2 N–H and O–H groups in total. The Balaban J connectivity index is 0.000000144. The van der Waals surface area contributed by atoms with Gasteiger partial charge in [0.1, 0.15) is 6.17 Å². The fraction of sp³-hybridized carbons (Fsp3) is 0.471. The van der Waals surface area contributed by atoms with E-state index in [9.17, 15) is 14.0 Å². The van der Waals surface area contributed by atoms with Crippen LogP contribution in [0.25, 0.3) is 11.1 Å². The van der Waals surface area contributed by atoms with Crippen molar-refractivity contribution in [3.63, 3.8) is 0 Å². The number of piperidine rings is 2. The number of pyridine rings is 1. The number of hydrogen-bond donors (Lipinski definition) is 1. The van der Waals surface area contributed by atoms with Crippen molar-refractivity contribution in [1.82, 2.24) is 14.4 Å². The molecule has 3 atom stereocenters. The fourth-order valence-corrected chi connectivity index (χ4v) is 6.47. The topological polar surface area (TPSA) is 71.6 Å². The molecule has 41 heavy (non-hydrogen) atoms. The molecule has 3 fully saturated rings. The number of aromatic nitrogens is 1. The first kappa shape index (κ1) is 30.7. The molecule has 1 aliphatic carbocycles. The number of likely N-dealkylation sites (tertiary alicyclic amines) is 2. The molecule has 1 aromatic heterocycles. The minimum absolute atomic E-state index is 0.0198. The summed E-state index contributed by atoms with van der Waals surface area (Å²) in [7, 11) is 4.02. The molecule has 1 saturated carbocycles. The van der Waals surface area contributed by atoms with Crippen molar-refractivity contribution in [1.29, 1.82) is 0 Å². The van der Waals surface area contributed by atoms with Crippen LogP contribution in [0.1, 0.15) is 56.6 Å². The highest BCUT2D eigenvalue weighted by Gasteiger charge is 2.36. The molecule has 0 radical (unpaired) electrons. The second-order valence-corrected chi connectivity index (χ2v) is 11.9. The van der Waals surface area contributed by atoms with Gasteiger partial charge < -0.3 is 20.1 Å². The Morgan fingerprint density at radius 3 is 2.15 bits per heavy atom. The summed E-state index contributed by atoms with van der Waals surface area (Å²) in [6.45, 7) is 2.80. The van der Waals surface area contributed by atoms with Gasteiger partial charge in [0, 0.05) is 31.9 Å². The average molecular weight is 561 g/mol. The summed E-state index contributed by atoms with van der Waals surface area (Å²) < 4.78 is 14.9. The molecule has 1 amide bonds. The highest BCUT2D eigenvalue weighted by atomic mass is 19.1. The summed E-state index contributed by atoms with van der Waals surface area (Å²) in [6.07, 6.45) is 10.8. The van der Waals surface area contributed by atoms with Gasteiger partial charge in [-0.15, -0.1) is 0 Å². The first-order valence-electron chi connectivity index (χ1n) is 14.9. The second-order valence-electron chi connectivity index (χ2n) is 11.9. The number of carbonyl (C=O) groups is 1. The largest absolute Gasteiger partial charge is 0.335 e. The fourth-order valence-electron chi connectivity index (χ4n) is 6.47. The highest BCUT2D eigenvalue weighted by Crippen LogP contribution is 2.44. The van der Waals surface area contributed by atoms with Crippen molar-refractivity contribution in [2.75, 3.05) is 26.7 Å². The van der Waals surface area contributed by atoms with E-state index >= 15 is 0 Å². The number of alkyl halides is 1. The SMILES string of the molecule is CN1CCCC2(CCCC2)C1.Cn1ccc(-c2ccccc2)cc1=O.NC1CC(c2ccccc2)N(C=O)CC1F. The summed E-state index contributed by atoms with van der Waals surface area (Å²) in [5, 5.41) is 0. The molecule has 2 aromatic carbocycles. The summed E-state index contributed by atoms with van der Waals surface area (Å²) in [5.41, 5.74) is 9.55. The lowest BCUT2D eigenvalue weighted by molar-refractivity contribution is -0.123. The van der Waals surface area contributed by atoms with Crippen LogP contribution in [0.3, 0.4) is 0 Å². The predicted octanol–water partition coefficient (Wildman–Crippen LogP) is 5.58. The third-order valence-corrected chi connectivity index (χ3v) is 8.79. The third-order valence-electron chi connectivity index (χ3n) is 8.79. The Bertz CT molecular complexity index is 1280. The van der Waals surface area contributed by atoms with Gasteiger partial charge in [-0.25, -0.2) is 4.39 Å². The summed E-state index contributed by atoms with van der Waals surface area (Å²) in [5.74, 6) is 0. The number of nitrogens with zero attached hydrogens (tertiary/aromatic N) is 3. The van der Waals surface area contributed by atoms with E-state index in [-0.39, 0.29) is 18.1 Å². The minimum atomic E-state index is -1.12. The zero-order valence-corrected chi connectivity index (χ0v) is 24.5. The van der Waals surface area contributed by atoms with Crippen molar-refractivity contribution in [3.05, 3.63) is 94.9 Å². The van der Waals surface area contributed by atoms with E-state index in [1.54, 1.807) is 23.9 Å². The maximum Gasteiger partial charge on any atom is 0.250 e. The van der Waals surface area contributed by atoms with Crippen molar-refractivity contribution >= 4 is 6.41 Å². The number of rotatable bonds is 3. The smallest absolute Gasteiger partial charge is 0.250 e. The van der Waals surface area contributed by atoms with Gasteiger partial charge in [-0.05, 0) is 73.9 Å². The van der Waals surface area contributed by atoms with Crippen LogP contribution >= 0.6 is 0 Å². The van der Waals surface area contributed by atoms with Crippen LogP contribution in [0.4, 0.5) is 4.39 Å². The Morgan fingerprint density at radius 2 is 1.54 bits per heavy atom. The molecule has 6 rings (SSSR count). The maximum atomic E-state index is 13.4. The van der Waals surface area contributed by atoms with Crippen LogP contribution in [-0.2, 0) is 11.8 Å². The van der Waals surface area contributed by atoms with Gasteiger partial charge in [-0.3, -0.25) is 9.59 Å². The van der Waals surface area contributed by atoms with Gasteiger partial charge in [-0.1, -0.05) is 73.5 Å². The zero-order chi connectivity index (χ0) is 29.2. The number of hydrogen-bond acceptors (Lipinski definition) is 4. The van der Waals surface area contributed by atoms with Gasteiger partial charge in [0.2, 0.25) is 6.41 Å². The van der Waals surface area contributed by atoms with Crippen LogP contribution in [-0.4, -0.2) is 59.7 Å². The van der Waals surface area contributed by atoms with E-state index in [0.29, 0.717) is 12.8 Å². The van der Waals surface area contributed by atoms with Crippen LogP contribution in [0.5, 0.6) is 0 Å². The Labute approximate surface area is 244 Å². The Hall–Kier alpha value is -3.29. The van der Waals surface area contributed by atoms with Gasteiger partial charge in [0.25, 0.3) is 5.56 Å². The van der Waals surface area contributed by atoms with Crippen molar-refractivity contribution < 1.29 is 9.18 Å². The average Bonchev–Trinajstić information content (AvgIpc) is 3.44. The summed E-state index contributed by atoms with van der Waals surface area (Å²) in [6, 6.07) is 22.5. The Morgan fingerprint density at radius 1 is 0.902 bits per heavy atom. The number of carbonyl (C=O) groups excluding carboxylic acids is 1. The monoisotopic (exact) mass is 560 g/mol. The van der Waals surface area contributed by atoms with E-state index in [1.165, 1.54) is 56.5 Å². The minimum Gasteiger partial charge on any atom is -0.335 e. The molecule has 0 bridgehead atoms. The number of nitrogens with two attached hydrogens (primary N) is 1. The van der Waals surface area contributed by atoms with Crippen molar-refractivity contribution in [2.24, 2.45) is 18.2 Å². The molecular formula is C34H45FN4O2. The molecule has 3 aromatic rings. The number of benzene rings is 2. The van der Waals surface area contributed by atoms with Gasteiger partial charge in [0.05, 0.1) is 12.6 Å². The number of halogens is 1. The molecule has 6 nitrogen and oxygen atoms in total. The number of aryl methyl sites for hydroxylation is 1. The normalized spacial score (nSPS) is 23.6. The van der Waals surface area contributed by atoms with Gasteiger partial charge >= 0.3 is 0 Å². The predicted molar refractivity (Wildman–Crippen MR) is 164 cm³/mol. The van der Waals surface area contributed by atoms with E-state index in [1.807, 2.05) is 66.7 Å². The maximum absolute atomic E-state index is 13.4. The molecule has 220 valence electrons. The first-order valence-corrected chi connectivity index (χ1v) is 14.9. The van der Waals surface area contributed by atoms with Crippen LogP contribution in [0.2, 0.25) is 0 Å².